The SMILES string of the molecule is Cc1ccccc1-c1ccc2ccccc2c1-c1ccccc1C(C)(C)O. The molecule has 1 nitrogen and oxygen atoms in total. The lowest BCUT2D eigenvalue weighted by molar-refractivity contribution is 0.0792. The molecule has 0 atom stereocenters. The van der Waals surface area contributed by atoms with Crippen LogP contribution in [0.15, 0.2) is 84.9 Å². The van der Waals surface area contributed by atoms with E-state index in [0.717, 1.165) is 11.1 Å². The first-order chi connectivity index (χ1) is 13.0. The van der Waals surface area contributed by atoms with Crippen molar-refractivity contribution in [1.29, 1.82) is 0 Å². The minimum atomic E-state index is -0.920. The van der Waals surface area contributed by atoms with Crippen LogP contribution >= 0.6 is 0 Å². The van der Waals surface area contributed by atoms with Crippen LogP contribution in [0.1, 0.15) is 25.0 Å². The summed E-state index contributed by atoms with van der Waals surface area (Å²) in [6.45, 7) is 5.85. The van der Waals surface area contributed by atoms with Crippen LogP contribution in [0.25, 0.3) is 33.0 Å². The van der Waals surface area contributed by atoms with Crippen LogP contribution in [-0.4, -0.2) is 5.11 Å². The Bertz CT molecular complexity index is 1120. The maximum atomic E-state index is 10.8. The summed E-state index contributed by atoms with van der Waals surface area (Å²) in [6, 6.07) is 29.6. The number of fused-ring (bicyclic) bond motifs is 1. The van der Waals surface area contributed by atoms with E-state index in [1.807, 2.05) is 32.0 Å². The predicted octanol–water partition coefficient (Wildman–Crippen LogP) is 6.71. The second kappa shape index (κ2) is 6.68. The molecule has 0 aromatic heterocycles. The fraction of sp³-hybridized carbons (Fsp3) is 0.154. The molecule has 0 bridgehead atoms. The molecule has 0 radical (unpaired) electrons. The Hall–Kier alpha value is -2.90. The van der Waals surface area contributed by atoms with Gasteiger partial charge in [0.1, 0.15) is 0 Å². The lowest BCUT2D eigenvalue weighted by Crippen LogP contribution is -2.16. The molecule has 0 amide bonds. The summed E-state index contributed by atoms with van der Waals surface area (Å²) in [5.41, 5.74) is 5.95. The van der Waals surface area contributed by atoms with E-state index in [2.05, 4.69) is 73.7 Å². The molecule has 4 aromatic carbocycles. The van der Waals surface area contributed by atoms with Crippen molar-refractivity contribution in [1.82, 2.24) is 0 Å². The summed E-state index contributed by atoms with van der Waals surface area (Å²) >= 11 is 0. The average molecular weight is 352 g/mol. The molecule has 4 aromatic rings. The maximum absolute atomic E-state index is 10.8. The van der Waals surface area contributed by atoms with Gasteiger partial charge in [0.25, 0.3) is 0 Å². The van der Waals surface area contributed by atoms with Gasteiger partial charge < -0.3 is 5.11 Å². The van der Waals surface area contributed by atoms with Gasteiger partial charge in [-0.05, 0) is 64.9 Å². The zero-order valence-electron chi connectivity index (χ0n) is 16.0. The largest absolute Gasteiger partial charge is 0.386 e. The van der Waals surface area contributed by atoms with Crippen LogP contribution in [0.4, 0.5) is 0 Å². The molecule has 0 spiro atoms. The van der Waals surface area contributed by atoms with Crippen LogP contribution in [0.2, 0.25) is 0 Å². The first-order valence-corrected chi connectivity index (χ1v) is 9.37. The maximum Gasteiger partial charge on any atom is 0.0846 e. The second-order valence-electron chi connectivity index (χ2n) is 7.63. The highest BCUT2D eigenvalue weighted by atomic mass is 16.3. The van der Waals surface area contributed by atoms with E-state index in [0.29, 0.717) is 0 Å². The lowest BCUT2D eigenvalue weighted by Gasteiger charge is -2.24. The Kier molecular flexibility index (Phi) is 4.33. The van der Waals surface area contributed by atoms with E-state index in [1.54, 1.807) is 0 Å². The van der Waals surface area contributed by atoms with Gasteiger partial charge in [0.2, 0.25) is 0 Å². The normalized spacial score (nSPS) is 11.7. The van der Waals surface area contributed by atoms with Gasteiger partial charge in [0, 0.05) is 0 Å². The first kappa shape index (κ1) is 17.5. The number of aryl methyl sites for hydroxylation is 1. The molecule has 0 aliphatic rings. The van der Waals surface area contributed by atoms with E-state index in [4.69, 9.17) is 0 Å². The monoisotopic (exact) mass is 352 g/mol. The highest BCUT2D eigenvalue weighted by molar-refractivity contribution is 6.05. The number of rotatable bonds is 3. The Balaban J connectivity index is 2.15. The van der Waals surface area contributed by atoms with Crippen LogP contribution in [0, 0.1) is 6.92 Å². The van der Waals surface area contributed by atoms with E-state index in [1.165, 1.54) is 33.0 Å². The van der Waals surface area contributed by atoms with E-state index in [-0.39, 0.29) is 0 Å². The fourth-order valence-electron chi connectivity index (χ4n) is 3.90. The van der Waals surface area contributed by atoms with E-state index >= 15 is 0 Å². The van der Waals surface area contributed by atoms with E-state index in [9.17, 15) is 5.11 Å². The van der Waals surface area contributed by atoms with Crippen LogP contribution in [-0.2, 0) is 5.60 Å². The zero-order valence-corrected chi connectivity index (χ0v) is 16.0. The molecule has 1 heteroatoms. The topological polar surface area (TPSA) is 20.2 Å². The summed E-state index contributed by atoms with van der Waals surface area (Å²) in [7, 11) is 0. The van der Waals surface area contributed by atoms with Crippen LogP contribution < -0.4 is 0 Å². The molecule has 0 heterocycles. The smallest absolute Gasteiger partial charge is 0.0846 e. The quantitative estimate of drug-likeness (QED) is 0.434. The molecule has 134 valence electrons. The Morgan fingerprint density at radius 1 is 0.630 bits per heavy atom. The predicted molar refractivity (Wildman–Crippen MR) is 115 cm³/mol. The zero-order chi connectivity index (χ0) is 19.0. The van der Waals surface area contributed by atoms with Crippen molar-refractivity contribution >= 4 is 10.8 Å². The summed E-state index contributed by atoms with van der Waals surface area (Å²) < 4.78 is 0. The molecule has 0 unspecified atom stereocenters. The van der Waals surface area contributed by atoms with Gasteiger partial charge in [0.15, 0.2) is 0 Å². The molecule has 0 saturated carbocycles. The summed E-state index contributed by atoms with van der Waals surface area (Å²) in [5, 5.41) is 13.2. The van der Waals surface area contributed by atoms with Gasteiger partial charge in [-0.1, -0.05) is 84.9 Å². The Labute approximate surface area is 160 Å². The van der Waals surface area contributed by atoms with Crippen LogP contribution in [0.5, 0.6) is 0 Å². The summed E-state index contributed by atoms with van der Waals surface area (Å²) in [5.74, 6) is 0. The molecule has 1 N–H and O–H groups in total. The minimum absolute atomic E-state index is 0.920. The van der Waals surface area contributed by atoms with Crippen molar-refractivity contribution in [3.8, 4) is 22.3 Å². The van der Waals surface area contributed by atoms with Crippen molar-refractivity contribution in [2.45, 2.75) is 26.4 Å². The van der Waals surface area contributed by atoms with Gasteiger partial charge in [-0.15, -0.1) is 0 Å². The van der Waals surface area contributed by atoms with Crippen molar-refractivity contribution in [2.75, 3.05) is 0 Å². The van der Waals surface area contributed by atoms with E-state index < -0.39 is 5.60 Å². The molecular weight excluding hydrogens is 328 g/mol. The summed E-state index contributed by atoms with van der Waals surface area (Å²) in [4.78, 5) is 0. The van der Waals surface area contributed by atoms with Gasteiger partial charge >= 0.3 is 0 Å². The molecule has 27 heavy (non-hydrogen) atoms. The molecule has 0 fully saturated rings. The van der Waals surface area contributed by atoms with Crippen molar-refractivity contribution in [2.24, 2.45) is 0 Å². The third kappa shape index (κ3) is 3.15. The molecule has 0 aliphatic carbocycles. The standard InChI is InChI=1S/C26H24O/c1-18-10-4-6-12-20(18)22-17-16-19-11-5-7-13-21(19)25(22)23-14-8-9-15-24(23)26(2,3)27/h4-17,27H,1-3H3. The van der Waals surface area contributed by atoms with Crippen molar-refractivity contribution in [3.63, 3.8) is 0 Å². The highest BCUT2D eigenvalue weighted by Crippen LogP contribution is 2.42. The average Bonchev–Trinajstić information content (AvgIpc) is 2.67. The second-order valence-corrected chi connectivity index (χ2v) is 7.63. The number of aliphatic hydroxyl groups is 1. The van der Waals surface area contributed by atoms with Crippen LogP contribution in [0.3, 0.4) is 0 Å². The molecular formula is C26H24O. The van der Waals surface area contributed by atoms with Gasteiger partial charge in [-0.25, -0.2) is 0 Å². The third-order valence-corrected chi connectivity index (χ3v) is 5.22. The number of hydrogen-bond donors (Lipinski definition) is 1. The van der Waals surface area contributed by atoms with Crippen molar-refractivity contribution in [3.05, 3.63) is 96.1 Å². The third-order valence-electron chi connectivity index (χ3n) is 5.22. The molecule has 0 saturated heterocycles. The van der Waals surface area contributed by atoms with Gasteiger partial charge in [-0.2, -0.15) is 0 Å². The minimum Gasteiger partial charge on any atom is -0.386 e. The molecule has 4 rings (SSSR count). The molecule has 0 aliphatic heterocycles. The Morgan fingerprint density at radius 3 is 2.00 bits per heavy atom. The fourth-order valence-corrected chi connectivity index (χ4v) is 3.90. The van der Waals surface area contributed by atoms with Gasteiger partial charge in [0.05, 0.1) is 5.60 Å². The highest BCUT2D eigenvalue weighted by Gasteiger charge is 2.23. The Morgan fingerprint density at radius 2 is 1.26 bits per heavy atom. The number of benzene rings is 4. The summed E-state index contributed by atoms with van der Waals surface area (Å²) in [6.07, 6.45) is 0. The first-order valence-electron chi connectivity index (χ1n) is 9.37. The number of hydrogen-bond acceptors (Lipinski definition) is 1. The lowest BCUT2D eigenvalue weighted by atomic mass is 9.83. The van der Waals surface area contributed by atoms with Crippen molar-refractivity contribution < 1.29 is 5.11 Å². The van der Waals surface area contributed by atoms with Gasteiger partial charge in [-0.3, -0.25) is 0 Å².